The first-order valence-electron chi connectivity index (χ1n) is 18.1. The maximum Gasteiger partial charge on any atom is 0.0542 e. The lowest BCUT2D eigenvalue weighted by atomic mass is 9.99. The minimum absolute atomic E-state index is 1.25. The Labute approximate surface area is 327 Å². The highest BCUT2D eigenvalue weighted by atomic mass is 32.1. The van der Waals surface area contributed by atoms with E-state index < -0.39 is 0 Å². The summed E-state index contributed by atoms with van der Waals surface area (Å²) in [5.41, 5.74) is 10.1. The molecule has 0 spiro atoms. The second kappa shape index (κ2) is 11.9. The SMILES string of the molecule is c1ccc2c(c1)sc1cc(-c3ccc(-c4ccc5c(c4)sc4c6ccc(-c7ccc(-c8ccc9c(c8)sc8ccccc89)cc7)cc6sc54)cc3)ccc12. The zero-order valence-electron chi connectivity index (χ0n) is 28.8. The monoisotopic (exact) mass is 756 g/mol. The lowest BCUT2D eigenvalue weighted by Gasteiger charge is -2.06. The summed E-state index contributed by atoms with van der Waals surface area (Å²) in [4.78, 5) is 0. The van der Waals surface area contributed by atoms with Crippen LogP contribution in [0.1, 0.15) is 0 Å². The molecule has 0 atom stereocenters. The van der Waals surface area contributed by atoms with Gasteiger partial charge in [-0.15, -0.1) is 45.3 Å². The predicted octanol–water partition coefficient (Wildman–Crippen LogP) is 16.7. The van der Waals surface area contributed by atoms with Crippen LogP contribution in [0, 0.1) is 0 Å². The summed E-state index contributed by atoms with van der Waals surface area (Å²) in [7, 11) is 0. The van der Waals surface area contributed by atoms with Crippen molar-refractivity contribution < 1.29 is 0 Å². The number of rotatable bonds is 4. The Kier molecular flexibility index (Phi) is 6.81. The van der Waals surface area contributed by atoms with Gasteiger partial charge in [-0.25, -0.2) is 0 Å². The fourth-order valence-corrected chi connectivity index (χ4v) is 13.2. The van der Waals surface area contributed by atoms with Crippen molar-refractivity contribution in [1.29, 1.82) is 0 Å². The van der Waals surface area contributed by atoms with Gasteiger partial charge < -0.3 is 0 Å². The van der Waals surface area contributed by atoms with Gasteiger partial charge in [0.2, 0.25) is 0 Å². The first kappa shape index (κ1) is 30.8. The normalized spacial score (nSPS) is 12.1. The number of fused-ring (bicyclic) bond motifs is 11. The molecule has 4 heterocycles. The largest absolute Gasteiger partial charge is 0.135 e. The fourth-order valence-electron chi connectivity index (χ4n) is 8.14. The summed E-state index contributed by atoms with van der Waals surface area (Å²) in [5, 5.41) is 8.09. The van der Waals surface area contributed by atoms with Gasteiger partial charge in [0.15, 0.2) is 0 Å². The van der Waals surface area contributed by atoms with Crippen LogP contribution in [-0.4, -0.2) is 0 Å². The first-order valence-corrected chi connectivity index (χ1v) is 21.4. The van der Waals surface area contributed by atoms with Crippen molar-refractivity contribution in [2.24, 2.45) is 0 Å². The van der Waals surface area contributed by atoms with Gasteiger partial charge in [0, 0.05) is 60.5 Å². The fraction of sp³-hybridized carbons (Fsp3) is 0. The molecule has 12 rings (SSSR count). The summed E-state index contributed by atoms with van der Waals surface area (Å²) in [6.07, 6.45) is 0. The molecule has 252 valence electrons. The van der Waals surface area contributed by atoms with E-state index in [0.717, 1.165) is 0 Å². The van der Waals surface area contributed by atoms with E-state index in [1.807, 2.05) is 45.3 Å². The van der Waals surface area contributed by atoms with Crippen molar-refractivity contribution in [2.75, 3.05) is 0 Å². The molecule has 0 saturated carbocycles. The summed E-state index contributed by atoms with van der Waals surface area (Å²) in [5.74, 6) is 0. The Hall–Kier alpha value is -5.62. The van der Waals surface area contributed by atoms with E-state index in [1.165, 1.54) is 114 Å². The van der Waals surface area contributed by atoms with Crippen LogP contribution < -0.4 is 0 Å². The molecule has 12 aromatic rings. The van der Waals surface area contributed by atoms with Crippen molar-refractivity contribution in [1.82, 2.24) is 0 Å². The first-order chi connectivity index (χ1) is 26.7. The molecular weight excluding hydrogens is 729 g/mol. The molecule has 0 N–H and O–H groups in total. The summed E-state index contributed by atoms with van der Waals surface area (Å²) >= 11 is 7.60. The Morgan fingerprint density at radius 2 is 0.481 bits per heavy atom. The molecule has 4 heteroatoms. The Morgan fingerprint density at radius 3 is 0.852 bits per heavy atom. The van der Waals surface area contributed by atoms with Gasteiger partial charge in [0.1, 0.15) is 0 Å². The molecule has 0 nitrogen and oxygen atoms in total. The van der Waals surface area contributed by atoms with Gasteiger partial charge in [0.05, 0.1) is 9.40 Å². The average molecular weight is 757 g/mol. The molecule has 0 fully saturated rings. The highest BCUT2D eigenvalue weighted by molar-refractivity contribution is 7.36. The molecule has 8 aromatic carbocycles. The highest BCUT2D eigenvalue weighted by Gasteiger charge is 2.15. The molecular formula is C50H28S4. The molecule has 0 radical (unpaired) electrons. The van der Waals surface area contributed by atoms with E-state index in [2.05, 4.69) is 170 Å². The van der Waals surface area contributed by atoms with E-state index in [4.69, 9.17) is 0 Å². The van der Waals surface area contributed by atoms with Crippen LogP contribution >= 0.6 is 45.3 Å². The van der Waals surface area contributed by atoms with E-state index in [1.54, 1.807) is 0 Å². The second-order valence-corrected chi connectivity index (χ2v) is 18.3. The van der Waals surface area contributed by atoms with Crippen molar-refractivity contribution >= 4 is 115 Å². The summed E-state index contributed by atoms with van der Waals surface area (Å²) < 4.78 is 10.9. The van der Waals surface area contributed by atoms with Gasteiger partial charge in [-0.05, 0) is 80.9 Å². The number of hydrogen-bond acceptors (Lipinski definition) is 4. The molecule has 0 bridgehead atoms. The summed E-state index contributed by atoms with van der Waals surface area (Å²) in [6, 6.07) is 63.4. The maximum absolute atomic E-state index is 2.38. The van der Waals surface area contributed by atoms with Crippen molar-refractivity contribution in [3.05, 3.63) is 170 Å². The van der Waals surface area contributed by atoms with Crippen LogP contribution in [0.5, 0.6) is 0 Å². The molecule has 4 aromatic heterocycles. The third-order valence-electron chi connectivity index (χ3n) is 10.9. The lowest BCUT2D eigenvalue weighted by Crippen LogP contribution is -1.81. The molecule has 54 heavy (non-hydrogen) atoms. The number of thiophene rings is 4. The van der Waals surface area contributed by atoms with Gasteiger partial charge in [0.25, 0.3) is 0 Å². The Bertz CT molecular complexity index is 3190. The highest BCUT2D eigenvalue weighted by Crippen LogP contribution is 2.46. The summed E-state index contributed by atoms with van der Waals surface area (Å²) in [6.45, 7) is 0. The number of hydrogen-bond donors (Lipinski definition) is 0. The predicted molar refractivity (Wildman–Crippen MR) is 242 cm³/mol. The third kappa shape index (κ3) is 4.85. The van der Waals surface area contributed by atoms with Crippen molar-refractivity contribution in [3.8, 4) is 44.5 Å². The number of benzene rings is 8. The maximum atomic E-state index is 2.38. The van der Waals surface area contributed by atoms with Crippen LogP contribution in [0.2, 0.25) is 0 Å². The third-order valence-corrected chi connectivity index (χ3v) is 15.7. The van der Waals surface area contributed by atoms with E-state index in [9.17, 15) is 0 Å². The van der Waals surface area contributed by atoms with Crippen LogP contribution in [0.3, 0.4) is 0 Å². The quantitative estimate of drug-likeness (QED) is 0.168. The van der Waals surface area contributed by atoms with Crippen molar-refractivity contribution in [2.45, 2.75) is 0 Å². The van der Waals surface area contributed by atoms with Crippen LogP contribution in [-0.2, 0) is 0 Å². The zero-order valence-corrected chi connectivity index (χ0v) is 32.1. The minimum Gasteiger partial charge on any atom is -0.135 e. The topological polar surface area (TPSA) is 0 Å². The van der Waals surface area contributed by atoms with Gasteiger partial charge in [-0.1, -0.05) is 133 Å². The average Bonchev–Trinajstić information content (AvgIpc) is 3.99. The molecule has 0 aliphatic rings. The molecule has 0 aliphatic heterocycles. The van der Waals surface area contributed by atoms with E-state index in [0.29, 0.717) is 0 Å². The smallest absolute Gasteiger partial charge is 0.0542 e. The van der Waals surface area contributed by atoms with E-state index >= 15 is 0 Å². The lowest BCUT2D eigenvalue weighted by molar-refractivity contribution is 1.63. The van der Waals surface area contributed by atoms with Gasteiger partial charge >= 0.3 is 0 Å². The molecule has 0 aliphatic carbocycles. The van der Waals surface area contributed by atoms with Crippen LogP contribution in [0.15, 0.2) is 170 Å². The van der Waals surface area contributed by atoms with Crippen LogP contribution in [0.4, 0.5) is 0 Å². The van der Waals surface area contributed by atoms with Crippen LogP contribution in [0.25, 0.3) is 114 Å². The Morgan fingerprint density at radius 1 is 0.204 bits per heavy atom. The Balaban J connectivity index is 0.822. The second-order valence-electron chi connectivity index (χ2n) is 14.1. The van der Waals surface area contributed by atoms with Crippen molar-refractivity contribution in [3.63, 3.8) is 0 Å². The molecule has 0 unspecified atom stereocenters. The van der Waals surface area contributed by atoms with E-state index in [-0.39, 0.29) is 0 Å². The molecule has 0 saturated heterocycles. The van der Waals surface area contributed by atoms with Gasteiger partial charge in [-0.2, -0.15) is 0 Å². The molecule has 0 amide bonds. The standard InChI is InChI=1S/C50H28S4/c1-3-7-43-37(5-1)39-21-17-33(25-45(39)51-43)29-9-13-31(14-10-29)35-19-23-41-47(27-35)53-50-42-24-20-36(28-48(42)54-49(41)50)32-15-11-30(12-16-32)34-18-22-40-38-6-2-4-8-44(38)52-46(40)26-34/h1-28H. The zero-order chi connectivity index (χ0) is 35.3. The van der Waals surface area contributed by atoms with Gasteiger partial charge in [-0.3, -0.25) is 0 Å². The minimum atomic E-state index is 1.25.